The number of thioether (sulfide) groups is 2. The average molecular weight is 839 g/mol. The summed E-state index contributed by atoms with van der Waals surface area (Å²) in [5.74, 6) is 0.236. The van der Waals surface area contributed by atoms with Crippen molar-refractivity contribution in [1.29, 1.82) is 0 Å². The Labute approximate surface area is 359 Å². The molecular formula is C48H62N4O5S2. The number of nitrogens with zero attached hydrogens (tertiary/aromatic N) is 1. The summed E-state index contributed by atoms with van der Waals surface area (Å²) < 4.78 is 5.23. The number of fused-ring (bicyclic) bond motifs is 1. The van der Waals surface area contributed by atoms with Crippen LogP contribution in [0.15, 0.2) is 115 Å². The van der Waals surface area contributed by atoms with Crippen molar-refractivity contribution in [2.75, 3.05) is 30.9 Å². The Morgan fingerprint density at radius 1 is 0.797 bits per heavy atom. The fraction of sp³-hybridized carbons (Fsp3) is 0.438. The van der Waals surface area contributed by atoms with Gasteiger partial charge in [-0.05, 0) is 85.8 Å². The van der Waals surface area contributed by atoms with Gasteiger partial charge in [0.2, 0.25) is 5.91 Å². The van der Waals surface area contributed by atoms with E-state index >= 15 is 0 Å². The minimum atomic E-state index is -1.02. The van der Waals surface area contributed by atoms with Gasteiger partial charge in [0.25, 0.3) is 0 Å². The van der Waals surface area contributed by atoms with Crippen molar-refractivity contribution >= 4 is 41.5 Å². The lowest BCUT2D eigenvalue weighted by Crippen LogP contribution is -2.57. The molecule has 5 rings (SSSR count). The third-order valence-electron chi connectivity index (χ3n) is 10.5. The maximum Gasteiger partial charge on any atom is 0.407 e. The monoisotopic (exact) mass is 838 g/mol. The number of carbonyl (C=O) groups is 3. The maximum atomic E-state index is 14.0. The van der Waals surface area contributed by atoms with Gasteiger partial charge in [0, 0.05) is 31.4 Å². The molecule has 4 aromatic carbocycles. The third kappa shape index (κ3) is 13.1. The van der Waals surface area contributed by atoms with E-state index in [1.54, 1.807) is 23.5 Å². The summed E-state index contributed by atoms with van der Waals surface area (Å²) in [6.07, 6.45) is 3.12. The van der Waals surface area contributed by atoms with Crippen molar-refractivity contribution in [3.63, 3.8) is 0 Å². The smallest absolute Gasteiger partial charge is 0.407 e. The van der Waals surface area contributed by atoms with Gasteiger partial charge in [0.05, 0.1) is 16.8 Å². The Bertz CT molecular complexity index is 1830. The van der Waals surface area contributed by atoms with Crippen LogP contribution in [-0.2, 0) is 32.0 Å². The minimum Gasteiger partial charge on any atom is -0.480 e. The molecule has 9 nitrogen and oxygen atoms in total. The first-order valence-corrected chi connectivity index (χ1v) is 23.0. The molecule has 316 valence electrons. The minimum absolute atomic E-state index is 0.0441. The van der Waals surface area contributed by atoms with Crippen molar-refractivity contribution in [3.05, 3.63) is 143 Å². The molecular weight excluding hydrogens is 777 g/mol. The molecule has 2 amide bonds. The maximum absolute atomic E-state index is 14.0. The molecule has 0 aromatic heterocycles. The zero-order valence-corrected chi connectivity index (χ0v) is 37.0. The first-order chi connectivity index (χ1) is 28.3. The highest BCUT2D eigenvalue weighted by Gasteiger charge is 2.39. The van der Waals surface area contributed by atoms with Crippen LogP contribution in [0.25, 0.3) is 0 Å². The molecule has 0 fully saturated rings. The van der Waals surface area contributed by atoms with Crippen LogP contribution in [0.5, 0.6) is 0 Å². The molecule has 1 aliphatic rings. The van der Waals surface area contributed by atoms with Crippen LogP contribution in [-0.4, -0.2) is 88.6 Å². The normalized spacial score (nSPS) is 16.1. The van der Waals surface area contributed by atoms with Crippen molar-refractivity contribution in [2.45, 2.75) is 94.9 Å². The van der Waals surface area contributed by atoms with Crippen LogP contribution >= 0.6 is 23.5 Å². The van der Waals surface area contributed by atoms with Gasteiger partial charge in [-0.25, -0.2) is 9.59 Å². The summed E-state index contributed by atoms with van der Waals surface area (Å²) in [5.41, 5.74) is 5.00. The van der Waals surface area contributed by atoms with E-state index in [9.17, 15) is 19.5 Å². The molecule has 0 radical (unpaired) electrons. The van der Waals surface area contributed by atoms with Crippen molar-refractivity contribution in [2.24, 2.45) is 5.92 Å². The second kappa shape index (κ2) is 21.8. The van der Waals surface area contributed by atoms with E-state index in [-0.39, 0.29) is 18.0 Å². The number of hydrogen-bond donors (Lipinski definition) is 4. The Kier molecular flexibility index (Phi) is 16.9. The predicted molar refractivity (Wildman–Crippen MR) is 243 cm³/mol. The number of ether oxygens (including phenoxy) is 1. The lowest BCUT2D eigenvalue weighted by molar-refractivity contribution is -0.143. The van der Waals surface area contributed by atoms with E-state index in [0.717, 1.165) is 34.2 Å². The molecule has 4 aromatic rings. The Morgan fingerprint density at radius 3 is 1.85 bits per heavy atom. The van der Waals surface area contributed by atoms with Crippen LogP contribution in [0.4, 0.5) is 4.79 Å². The SMILES string of the molecule is CSCC[C@H](NC(=O)[C@@H]1Cc2ccccc2CN1C[C@@H](CC(C)C)NC[C@H](CSC(c1ccccc1)(c1ccccc1)c1ccccc1)NC(=O)OC(C)(C)C)C(=O)O. The van der Waals surface area contributed by atoms with E-state index in [1.807, 2.05) is 57.4 Å². The summed E-state index contributed by atoms with van der Waals surface area (Å²) in [5, 5.41) is 19.9. The fourth-order valence-electron chi connectivity index (χ4n) is 7.79. The number of hydrogen-bond acceptors (Lipinski definition) is 8. The van der Waals surface area contributed by atoms with Crippen LogP contribution in [0.1, 0.15) is 75.3 Å². The molecule has 0 spiro atoms. The van der Waals surface area contributed by atoms with E-state index in [4.69, 9.17) is 4.74 Å². The van der Waals surface area contributed by atoms with E-state index < -0.39 is 34.5 Å². The number of amides is 2. The molecule has 0 unspecified atom stereocenters. The van der Waals surface area contributed by atoms with Crippen molar-refractivity contribution in [1.82, 2.24) is 20.9 Å². The quantitative estimate of drug-likeness (QED) is 0.0652. The van der Waals surface area contributed by atoms with Crippen LogP contribution in [0.3, 0.4) is 0 Å². The molecule has 59 heavy (non-hydrogen) atoms. The van der Waals surface area contributed by atoms with Gasteiger partial charge in [0.1, 0.15) is 11.6 Å². The largest absolute Gasteiger partial charge is 0.480 e. The fourth-order valence-corrected chi connectivity index (χ4v) is 9.82. The number of aliphatic carboxylic acids is 1. The Morgan fingerprint density at radius 2 is 1.34 bits per heavy atom. The average Bonchev–Trinajstić information content (AvgIpc) is 3.21. The lowest BCUT2D eigenvalue weighted by atomic mass is 9.84. The summed E-state index contributed by atoms with van der Waals surface area (Å²) in [6.45, 7) is 11.5. The van der Waals surface area contributed by atoms with Gasteiger partial charge >= 0.3 is 12.1 Å². The van der Waals surface area contributed by atoms with Crippen molar-refractivity contribution < 1.29 is 24.2 Å². The number of nitrogens with one attached hydrogen (secondary N) is 3. The second-order valence-electron chi connectivity index (χ2n) is 16.8. The first-order valence-electron chi connectivity index (χ1n) is 20.7. The standard InChI is InChI=1S/C48H62N4O5S2/c1-34(2)28-40(32-52-31-36-19-17-16-18-35(36)29-43(52)44(53)51-42(45(54)55)26-27-58-6)49-30-41(50-46(56)57-47(3,4)5)33-59-48(37-20-10-7-11-21-37,38-22-12-8-13-23-38)39-24-14-9-15-25-39/h7-25,34,40-43,49H,26-33H2,1-6H3,(H,50,56)(H,51,53)(H,54,55)/t40-,41-,42+,43+/m1/s1. The van der Waals surface area contributed by atoms with Crippen LogP contribution in [0, 0.1) is 5.92 Å². The first kappa shape index (κ1) is 45.8. The number of carbonyl (C=O) groups excluding carboxylic acids is 2. The number of rotatable bonds is 20. The van der Waals surface area contributed by atoms with E-state index in [1.165, 1.54) is 0 Å². The van der Waals surface area contributed by atoms with Gasteiger partial charge < -0.3 is 25.8 Å². The zero-order chi connectivity index (χ0) is 42.4. The molecule has 1 aliphatic heterocycles. The van der Waals surface area contributed by atoms with Gasteiger partial charge in [-0.1, -0.05) is 129 Å². The lowest BCUT2D eigenvalue weighted by Gasteiger charge is -2.39. The Balaban J connectivity index is 1.44. The highest BCUT2D eigenvalue weighted by Crippen LogP contribution is 2.48. The summed E-state index contributed by atoms with van der Waals surface area (Å²) in [6, 6.07) is 37.9. The Hall–Kier alpha value is -4.29. The van der Waals surface area contributed by atoms with E-state index in [0.29, 0.717) is 49.9 Å². The molecule has 4 N–H and O–H groups in total. The van der Waals surface area contributed by atoms with Crippen LogP contribution < -0.4 is 16.0 Å². The predicted octanol–water partition coefficient (Wildman–Crippen LogP) is 8.36. The zero-order valence-electron chi connectivity index (χ0n) is 35.4. The summed E-state index contributed by atoms with van der Waals surface area (Å²) in [4.78, 5) is 41.9. The molecule has 1 heterocycles. The van der Waals surface area contributed by atoms with Gasteiger partial charge in [-0.3, -0.25) is 9.69 Å². The summed E-state index contributed by atoms with van der Waals surface area (Å²) in [7, 11) is 0. The van der Waals surface area contributed by atoms with Crippen LogP contribution in [0.2, 0.25) is 0 Å². The number of alkyl carbamates (subject to hydrolysis) is 1. The molecule has 0 bridgehead atoms. The van der Waals surface area contributed by atoms with Gasteiger partial charge in [-0.2, -0.15) is 11.8 Å². The molecule has 11 heteroatoms. The molecule has 0 saturated heterocycles. The van der Waals surface area contributed by atoms with Crippen molar-refractivity contribution in [3.8, 4) is 0 Å². The molecule has 0 saturated carbocycles. The molecule has 0 aliphatic carbocycles. The summed E-state index contributed by atoms with van der Waals surface area (Å²) >= 11 is 3.35. The van der Waals surface area contributed by atoms with E-state index in [2.05, 4.69) is 120 Å². The third-order valence-corrected chi connectivity index (χ3v) is 12.9. The molecule has 4 atom stereocenters. The highest BCUT2D eigenvalue weighted by molar-refractivity contribution is 8.00. The second-order valence-corrected chi connectivity index (χ2v) is 19.0. The highest BCUT2D eigenvalue weighted by atomic mass is 32.2. The topological polar surface area (TPSA) is 120 Å². The van der Waals surface area contributed by atoms with Gasteiger partial charge in [0.15, 0.2) is 0 Å². The van der Waals surface area contributed by atoms with Gasteiger partial charge in [-0.15, -0.1) is 11.8 Å². The number of carboxylic acid groups (broad SMARTS) is 1. The number of carboxylic acids is 1. The number of benzene rings is 4.